The Kier molecular flexibility index (Phi) is 7.68. The first-order valence-electron chi connectivity index (χ1n) is 9.27. The molecule has 0 spiro atoms. The molecule has 0 saturated carbocycles. The Morgan fingerprint density at radius 3 is 2.36 bits per heavy atom. The SMILES string of the molecule is CCCC(=O)c1ccc(OCCN(CC)CC)c(-c2ccccc2)c1. The largest absolute Gasteiger partial charge is 0.492 e. The van der Waals surface area contributed by atoms with Crippen molar-refractivity contribution in [3.8, 4) is 16.9 Å². The van der Waals surface area contributed by atoms with E-state index < -0.39 is 0 Å². The summed E-state index contributed by atoms with van der Waals surface area (Å²) in [6.45, 7) is 9.94. The molecule has 0 fully saturated rings. The summed E-state index contributed by atoms with van der Waals surface area (Å²) in [6.07, 6.45) is 1.44. The van der Waals surface area contributed by atoms with Crippen LogP contribution in [0.3, 0.4) is 0 Å². The van der Waals surface area contributed by atoms with Gasteiger partial charge >= 0.3 is 0 Å². The lowest BCUT2D eigenvalue weighted by Gasteiger charge is -2.19. The van der Waals surface area contributed by atoms with E-state index in [9.17, 15) is 4.79 Å². The van der Waals surface area contributed by atoms with Gasteiger partial charge in [0, 0.05) is 24.1 Å². The summed E-state index contributed by atoms with van der Waals surface area (Å²) in [7, 11) is 0. The van der Waals surface area contributed by atoms with Crippen LogP contribution in [0.2, 0.25) is 0 Å². The number of carbonyl (C=O) groups is 1. The second kappa shape index (κ2) is 10.00. The van der Waals surface area contributed by atoms with Crippen molar-refractivity contribution in [1.82, 2.24) is 4.90 Å². The molecule has 3 heteroatoms. The van der Waals surface area contributed by atoms with Crippen molar-refractivity contribution >= 4 is 5.78 Å². The van der Waals surface area contributed by atoms with Gasteiger partial charge in [0.05, 0.1) is 0 Å². The molecule has 2 aromatic rings. The van der Waals surface area contributed by atoms with Gasteiger partial charge in [-0.2, -0.15) is 0 Å². The number of likely N-dealkylation sites (N-methyl/N-ethyl adjacent to an activating group) is 1. The zero-order chi connectivity index (χ0) is 18.1. The minimum Gasteiger partial charge on any atom is -0.492 e. The molecule has 0 N–H and O–H groups in total. The minimum atomic E-state index is 0.189. The molecule has 134 valence electrons. The molecule has 0 heterocycles. The topological polar surface area (TPSA) is 29.5 Å². The number of rotatable bonds is 10. The molecule has 0 atom stereocenters. The molecule has 0 unspecified atom stereocenters. The average molecular weight is 339 g/mol. The molecule has 25 heavy (non-hydrogen) atoms. The van der Waals surface area contributed by atoms with Gasteiger partial charge in [0.25, 0.3) is 0 Å². The number of hydrogen-bond acceptors (Lipinski definition) is 3. The van der Waals surface area contributed by atoms with Crippen molar-refractivity contribution in [1.29, 1.82) is 0 Å². The van der Waals surface area contributed by atoms with Crippen molar-refractivity contribution < 1.29 is 9.53 Å². The molecule has 0 radical (unpaired) electrons. The highest BCUT2D eigenvalue weighted by atomic mass is 16.5. The molecule has 0 bridgehead atoms. The van der Waals surface area contributed by atoms with Gasteiger partial charge < -0.3 is 9.64 Å². The van der Waals surface area contributed by atoms with Gasteiger partial charge in [-0.3, -0.25) is 4.79 Å². The van der Waals surface area contributed by atoms with Gasteiger partial charge in [-0.1, -0.05) is 51.1 Å². The maximum absolute atomic E-state index is 12.3. The first-order valence-corrected chi connectivity index (χ1v) is 9.27. The molecule has 2 rings (SSSR count). The van der Waals surface area contributed by atoms with Crippen LogP contribution in [0.25, 0.3) is 11.1 Å². The maximum atomic E-state index is 12.3. The predicted molar refractivity (Wildman–Crippen MR) is 104 cm³/mol. The van der Waals surface area contributed by atoms with E-state index in [2.05, 4.69) is 30.9 Å². The molecular weight excluding hydrogens is 310 g/mol. The lowest BCUT2D eigenvalue weighted by atomic mass is 9.99. The maximum Gasteiger partial charge on any atom is 0.162 e. The van der Waals surface area contributed by atoms with Crippen LogP contribution < -0.4 is 4.74 Å². The Bertz CT molecular complexity index is 663. The fourth-order valence-corrected chi connectivity index (χ4v) is 2.87. The second-order valence-corrected chi connectivity index (χ2v) is 6.13. The monoisotopic (exact) mass is 339 g/mol. The predicted octanol–water partition coefficient (Wildman–Crippen LogP) is 5.06. The summed E-state index contributed by atoms with van der Waals surface area (Å²) in [6, 6.07) is 15.9. The normalized spacial score (nSPS) is 10.9. The van der Waals surface area contributed by atoms with Crippen molar-refractivity contribution in [3.05, 3.63) is 54.1 Å². The van der Waals surface area contributed by atoms with Gasteiger partial charge in [0.15, 0.2) is 5.78 Å². The van der Waals surface area contributed by atoms with Crippen LogP contribution in [0.15, 0.2) is 48.5 Å². The molecule has 2 aromatic carbocycles. The van der Waals surface area contributed by atoms with Crippen molar-refractivity contribution in [2.45, 2.75) is 33.6 Å². The molecule has 0 aromatic heterocycles. The summed E-state index contributed by atoms with van der Waals surface area (Å²) in [5.74, 6) is 1.03. The summed E-state index contributed by atoms with van der Waals surface area (Å²) in [5.41, 5.74) is 2.82. The first kappa shape index (κ1) is 19.2. The standard InChI is InChI=1S/C22H29NO2/c1-4-10-21(24)19-13-14-22(25-16-15-23(5-2)6-3)20(17-19)18-11-8-7-9-12-18/h7-9,11-14,17H,4-6,10,15-16H2,1-3H3. The highest BCUT2D eigenvalue weighted by molar-refractivity contribution is 5.97. The summed E-state index contributed by atoms with van der Waals surface area (Å²) >= 11 is 0. The van der Waals surface area contributed by atoms with Crippen LogP contribution in [-0.4, -0.2) is 36.9 Å². The van der Waals surface area contributed by atoms with E-state index in [1.807, 2.05) is 43.3 Å². The molecule has 0 amide bonds. The lowest BCUT2D eigenvalue weighted by molar-refractivity contribution is 0.0981. The van der Waals surface area contributed by atoms with Crippen LogP contribution in [0, 0.1) is 0 Å². The van der Waals surface area contributed by atoms with E-state index in [0.29, 0.717) is 13.0 Å². The van der Waals surface area contributed by atoms with Crippen LogP contribution in [-0.2, 0) is 0 Å². The van der Waals surface area contributed by atoms with Gasteiger partial charge in [-0.15, -0.1) is 0 Å². The average Bonchev–Trinajstić information content (AvgIpc) is 2.66. The quantitative estimate of drug-likeness (QED) is 0.567. The van der Waals surface area contributed by atoms with E-state index in [1.54, 1.807) is 0 Å². The number of ketones is 1. The lowest BCUT2D eigenvalue weighted by Crippen LogP contribution is -2.28. The molecule has 0 aliphatic heterocycles. The first-order chi connectivity index (χ1) is 12.2. The van der Waals surface area contributed by atoms with Crippen LogP contribution in [0.4, 0.5) is 0 Å². The summed E-state index contributed by atoms with van der Waals surface area (Å²) in [5, 5.41) is 0. The van der Waals surface area contributed by atoms with E-state index in [-0.39, 0.29) is 5.78 Å². The number of carbonyl (C=O) groups excluding carboxylic acids is 1. The second-order valence-electron chi connectivity index (χ2n) is 6.13. The van der Waals surface area contributed by atoms with E-state index >= 15 is 0 Å². The van der Waals surface area contributed by atoms with Gasteiger partial charge in [-0.25, -0.2) is 0 Å². The Morgan fingerprint density at radius 2 is 1.72 bits per heavy atom. The number of nitrogens with zero attached hydrogens (tertiary/aromatic N) is 1. The fraction of sp³-hybridized carbons (Fsp3) is 0.409. The Hall–Kier alpha value is -2.13. The Labute approximate surface area is 151 Å². The van der Waals surface area contributed by atoms with Crippen molar-refractivity contribution in [3.63, 3.8) is 0 Å². The molecule has 3 nitrogen and oxygen atoms in total. The van der Waals surface area contributed by atoms with E-state index in [1.165, 1.54) is 0 Å². The van der Waals surface area contributed by atoms with E-state index in [4.69, 9.17) is 4.74 Å². The van der Waals surface area contributed by atoms with Gasteiger partial charge in [0.1, 0.15) is 12.4 Å². The number of Topliss-reactive ketones (excluding diaryl/α,β-unsaturated/α-hetero) is 1. The van der Waals surface area contributed by atoms with Crippen LogP contribution >= 0.6 is 0 Å². The Balaban J connectivity index is 2.24. The van der Waals surface area contributed by atoms with Crippen LogP contribution in [0.1, 0.15) is 44.0 Å². The third kappa shape index (κ3) is 5.43. The minimum absolute atomic E-state index is 0.189. The van der Waals surface area contributed by atoms with Crippen LogP contribution in [0.5, 0.6) is 5.75 Å². The molecule has 0 aliphatic rings. The molecule has 0 aliphatic carbocycles. The third-order valence-electron chi connectivity index (χ3n) is 4.42. The number of benzene rings is 2. The number of ether oxygens (including phenoxy) is 1. The zero-order valence-electron chi connectivity index (χ0n) is 15.6. The fourth-order valence-electron chi connectivity index (χ4n) is 2.87. The summed E-state index contributed by atoms with van der Waals surface area (Å²) in [4.78, 5) is 14.6. The summed E-state index contributed by atoms with van der Waals surface area (Å²) < 4.78 is 6.07. The molecular formula is C22H29NO2. The highest BCUT2D eigenvalue weighted by Crippen LogP contribution is 2.31. The van der Waals surface area contributed by atoms with Crippen molar-refractivity contribution in [2.24, 2.45) is 0 Å². The van der Waals surface area contributed by atoms with Gasteiger partial charge in [0.2, 0.25) is 0 Å². The molecule has 0 saturated heterocycles. The highest BCUT2D eigenvalue weighted by Gasteiger charge is 2.12. The van der Waals surface area contributed by atoms with Gasteiger partial charge in [-0.05, 0) is 43.3 Å². The smallest absolute Gasteiger partial charge is 0.162 e. The van der Waals surface area contributed by atoms with Crippen molar-refractivity contribution in [2.75, 3.05) is 26.2 Å². The Morgan fingerprint density at radius 1 is 1.00 bits per heavy atom. The zero-order valence-corrected chi connectivity index (χ0v) is 15.6. The van der Waals surface area contributed by atoms with E-state index in [0.717, 1.165) is 48.5 Å². The third-order valence-corrected chi connectivity index (χ3v) is 4.42. The number of hydrogen-bond donors (Lipinski definition) is 0.